The third kappa shape index (κ3) is 3.96. The number of rotatable bonds is 4. The van der Waals surface area contributed by atoms with Crippen molar-refractivity contribution in [2.75, 3.05) is 32.5 Å². The number of para-hydroxylation sites is 1. The maximum absolute atomic E-state index is 12.2. The van der Waals surface area contributed by atoms with Gasteiger partial charge in [-0.15, -0.1) is 0 Å². The fourth-order valence-electron chi connectivity index (χ4n) is 2.43. The Bertz CT molecular complexity index is 428. The molecule has 1 aromatic carbocycles. The number of ether oxygens (including phenoxy) is 1. The molecule has 2 rings (SSSR count). The zero-order valence-electron chi connectivity index (χ0n) is 11.5. The second-order valence-electron chi connectivity index (χ2n) is 5.23. The highest BCUT2D eigenvalue weighted by atomic mass is 16.5. The molecule has 0 aliphatic carbocycles. The Morgan fingerprint density at radius 1 is 1.47 bits per heavy atom. The second-order valence-corrected chi connectivity index (χ2v) is 5.23. The van der Waals surface area contributed by atoms with Gasteiger partial charge >= 0.3 is 0 Å². The number of hydrogen-bond acceptors (Lipinski definition) is 3. The highest BCUT2D eigenvalue weighted by molar-refractivity contribution is 5.80. The molecular weight excluding hydrogens is 240 g/mol. The summed E-state index contributed by atoms with van der Waals surface area (Å²) in [6.45, 7) is 2.39. The zero-order valence-corrected chi connectivity index (χ0v) is 11.5. The first-order chi connectivity index (χ1) is 9.16. The van der Waals surface area contributed by atoms with E-state index in [-0.39, 0.29) is 5.91 Å². The Morgan fingerprint density at radius 3 is 2.95 bits per heavy atom. The smallest absolute Gasteiger partial charge is 0.226 e. The van der Waals surface area contributed by atoms with Gasteiger partial charge in [-0.25, -0.2) is 0 Å². The molecule has 4 nitrogen and oxygen atoms in total. The van der Waals surface area contributed by atoms with Crippen molar-refractivity contribution in [2.45, 2.75) is 19.3 Å². The van der Waals surface area contributed by atoms with Gasteiger partial charge in [-0.3, -0.25) is 4.79 Å². The Morgan fingerprint density at radius 2 is 2.26 bits per heavy atom. The van der Waals surface area contributed by atoms with Crippen LogP contribution in [0.3, 0.4) is 0 Å². The number of carbonyl (C=O) groups excluding carboxylic acids is 1. The molecule has 0 bridgehead atoms. The van der Waals surface area contributed by atoms with Crippen molar-refractivity contribution in [3.05, 3.63) is 29.8 Å². The fraction of sp³-hybridized carbons (Fsp3) is 0.533. The standard InChI is InChI=1S/C15H22N2O2/c1-17(10-12-5-4-8-19-11-12)15(18)9-13-6-2-3-7-14(13)16/h2-3,6-7,12H,4-5,8-11,16H2,1H3. The van der Waals surface area contributed by atoms with Crippen molar-refractivity contribution in [3.8, 4) is 0 Å². The van der Waals surface area contributed by atoms with Crippen LogP contribution in [0.2, 0.25) is 0 Å². The summed E-state index contributed by atoms with van der Waals surface area (Å²) in [5.74, 6) is 0.583. The molecule has 1 amide bonds. The highest BCUT2D eigenvalue weighted by Gasteiger charge is 2.19. The number of anilines is 1. The van der Waals surface area contributed by atoms with E-state index >= 15 is 0 Å². The molecule has 1 heterocycles. The van der Waals surface area contributed by atoms with Gasteiger partial charge in [0, 0.05) is 25.9 Å². The first-order valence-corrected chi connectivity index (χ1v) is 6.82. The predicted molar refractivity (Wildman–Crippen MR) is 75.7 cm³/mol. The van der Waals surface area contributed by atoms with Crippen molar-refractivity contribution in [1.29, 1.82) is 0 Å². The highest BCUT2D eigenvalue weighted by Crippen LogP contribution is 2.16. The molecule has 1 saturated heterocycles. The van der Waals surface area contributed by atoms with Gasteiger partial charge in [0.1, 0.15) is 0 Å². The first kappa shape index (κ1) is 13.9. The summed E-state index contributed by atoms with van der Waals surface area (Å²) in [6.07, 6.45) is 2.61. The molecule has 2 N–H and O–H groups in total. The van der Waals surface area contributed by atoms with Gasteiger partial charge in [0.25, 0.3) is 0 Å². The van der Waals surface area contributed by atoms with Gasteiger partial charge in [0.15, 0.2) is 0 Å². The molecule has 1 aliphatic rings. The number of hydrogen-bond donors (Lipinski definition) is 1. The average molecular weight is 262 g/mol. The van der Waals surface area contributed by atoms with Crippen LogP contribution < -0.4 is 5.73 Å². The Hall–Kier alpha value is -1.55. The van der Waals surface area contributed by atoms with Gasteiger partial charge in [-0.2, -0.15) is 0 Å². The minimum absolute atomic E-state index is 0.114. The van der Waals surface area contributed by atoms with Gasteiger partial charge in [-0.1, -0.05) is 18.2 Å². The van der Waals surface area contributed by atoms with Crippen molar-refractivity contribution in [3.63, 3.8) is 0 Å². The number of nitrogens with zero attached hydrogens (tertiary/aromatic N) is 1. The number of carbonyl (C=O) groups is 1. The molecule has 1 fully saturated rings. The van der Waals surface area contributed by atoms with Crippen LogP contribution in [0, 0.1) is 5.92 Å². The normalized spacial score (nSPS) is 19.1. The van der Waals surface area contributed by atoms with Crippen LogP contribution in [-0.2, 0) is 16.0 Å². The SMILES string of the molecule is CN(CC1CCCOC1)C(=O)Cc1ccccc1N. The lowest BCUT2D eigenvalue weighted by atomic mass is 10.0. The topological polar surface area (TPSA) is 55.6 Å². The molecule has 0 radical (unpaired) electrons. The first-order valence-electron chi connectivity index (χ1n) is 6.82. The van der Waals surface area contributed by atoms with Crippen molar-refractivity contribution >= 4 is 11.6 Å². The van der Waals surface area contributed by atoms with Gasteiger partial charge in [0.05, 0.1) is 13.0 Å². The summed E-state index contributed by atoms with van der Waals surface area (Å²) >= 11 is 0. The van der Waals surface area contributed by atoms with Crippen LogP contribution in [0.25, 0.3) is 0 Å². The third-order valence-electron chi connectivity index (χ3n) is 3.61. The van der Waals surface area contributed by atoms with Crippen LogP contribution >= 0.6 is 0 Å². The number of likely N-dealkylation sites (N-methyl/N-ethyl adjacent to an activating group) is 1. The minimum atomic E-state index is 0.114. The van der Waals surface area contributed by atoms with E-state index in [4.69, 9.17) is 10.5 Å². The molecule has 104 valence electrons. The molecular formula is C15H22N2O2. The molecule has 0 saturated carbocycles. The molecule has 1 aliphatic heterocycles. The van der Waals surface area contributed by atoms with Crippen molar-refractivity contribution in [1.82, 2.24) is 4.90 Å². The lowest BCUT2D eigenvalue weighted by molar-refractivity contribution is -0.130. The van der Waals surface area contributed by atoms with E-state index in [0.717, 1.165) is 38.2 Å². The summed E-state index contributed by atoms with van der Waals surface area (Å²) in [7, 11) is 1.86. The summed E-state index contributed by atoms with van der Waals surface area (Å²) in [4.78, 5) is 14.0. The zero-order chi connectivity index (χ0) is 13.7. The molecule has 0 spiro atoms. The van der Waals surface area contributed by atoms with E-state index in [1.54, 1.807) is 4.90 Å². The molecule has 1 unspecified atom stereocenters. The van der Waals surface area contributed by atoms with Crippen LogP contribution in [0.15, 0.2) is 24.3 Å². The summed E-state index contributed by atoms with van der Waals surface area (Å²) in [6, 6.07) is 7.53. The molecule has 19 heavy (non-hydrogen) atoms. The van der Waals surface area contributed by atoms with Crippen LogP contribution in [-0.4, -0.2) is 37.6 Å². The van der Waals surface area contributed by atoms with E-state index in [1.165, 1.54) is 0 Å². The largest absolute Gasteiger partial charge is 0.398 e. The Balaban J connectivity index is 1.87. The fourth-order valence-corrected chi connectivity index (χ4v) is 2.43. The maximum Gasteiger partial charge on any atom is 0.226 e. The Kier molecular flexibility index (Phi) is 4.80. The summed E-state index contributed by atoms with van der Waals surface area (Å²) < 4.78 is 5.44. The third-order valence-corrected chi connectivity index (χ3v) is 3.61. The Labute approximate surface area is 114 Å². The van der Waals surface area contributed by atoms with Crippen LogP contribution in [0.1, 0.15) is 18.4 Å². The summed E-state index contributed by atoms with van der Waals surface area (Å²) in [5.41, 5.74) is 7.45. The van der Waals surface area contributed by atoms with E-state index in [9.17, 15) is 4.79 Å². The number of benzene rings is 1. The average Bonchev–Trinajstić information content (AvgIpc) is 2.42. The quantitative estimate of drug-likeness (QED) is 0.840. The van der Waals surface area contributed by atoms with Crippen LogP contribution in [0.5, 0.6) is 0 Å². The molecule has 4 heteroatoms. The lowest BCUT2D eigenvalue weighted by Gasteiger charge is -2.27. The van der Waals surface area contributed by atoms with E-state index < -0.39 is 0 Å². The number of nitrogen functional groups attached to an aromatic ring is 1. The van der Waals surface area contributed by atoms with E-state index in [0.29, 0.717) is 18.0 Å². The number of amides is 1. The molecule has 0 aromatic heterocycles. The monoisotopic (exact) mass is 262 g/mol. The maximum atomic E-state index is 12.2. The van der Waals surface area contributed by atoms with E-state index in [2.05, 4.69) is 0 Å². The lowest BCUT2D eigenvalue weighted by Crippen LogP contribution is -2.36. The van der Waals surface area contributed by atoms with Gasteiger partial charge in [0.2, 0.25) is 5.91 Å². The minimum Gasteiger partial charge on any atom is -0.398 e. The number of nitrogens with two attached hydrogens (primary N) is 1. The summed E-state index contributed by atoms with van der Waals surface area (Å²) in [5, 5.41) is 0. The predicted octanol–water partition coefficient (Wildman–Crippen LogP) is 1.70. The molecule has 1 aromatic rings. The van der Waals surface area contributed by atoms with Crippen molar-refractivity contribution < 1.29 is 9.53 Å². The van der Waals surface area contributed by atoms with Gasteiger partial charge in [-0.05, 0) is 30.4 Å². The van der Waals surface area contributed by atoms with Crippen molar-refractivity contribution in [2.24, 2.45) is 5.92 Å². The second kappa shape index (κ2) is 6.57. The van der Waals surface area contributed by atoms with Gasteiger partial charge < -0.3 is 15.4 Å². The van der Waals surface area contributed by atoms with E-state index in [1.807, 2.05) is 31.3 Å². The molecule has 1 atom stereocenters. The van der Waals surface area contributed by atoms with Crippen LogP contribution in [0.4, 0.5) is 5.69 Å².